The lowest BCUT2D eigenvalue weighted by Crippen LogP contribution is -1.94. The number of nitrogens with zero attached hydrogens (tertiary/aromatic N) is 3. The Bertz CT molecular complexity index is 1280. The highest BCUT2D eigenvalue weighted by atomic mass is 79.9. The first-order valence-electron chi connectivity index (χ1n) is 9.97. The Morgan fingerprint density at radius 1 is 0.452 bits per heavy atom. The zero-order chi connectivity index (χ0) is 21.0. The van der Waals surface area contributed by atoms with Crippen molar-refractivity contribution in [2.45, 2.75) is 0 Å². The molecule has 0 radical (unpaired) electrons. The third-order valence-electron chi connectivity index (χ3n) is 5.03. The normalized spacial score (nSPS) is 10.7. The predicted octanol–water partition coefficient (Wildman–Crippen LogP) is 7.30. The number of halogens is 1. The minimum atomic E-state index is 0.826. The largest absolute Gasteiger partial charge is 0.255 e. The fraction of sp³-hybridized carbons (Fsp3) is 0. The van der Waals surface area contributed by atoms with Crippen LogP contribution in [0.15, 0.2) is 114 Å². The van der Waals surface area contributed by atoms with Gasteiger partial charge in [0.05, 0.1) is 22.8 Å². The van der Waals surface area contributed by atoms with Crippen molar-refractivity contribution < 1.29 is 0 Å². The molecule has 0 saturated heterocycles. The number of benzene rings is 2. The molecule has 0 aliphatic heterocycles. The molecule has 31 heavy (non-hydrogen) atoms. The van der Waals surface area contributed by atoms with Gasteiger partial charge in [0.1, 0.15) is 0 Å². The summed E-state index contributed by atoms with van der Waals surface area (Å²) in [5.41, 5.74) is 7.85. The lowest BCUT2D eigenvalue weighted by Gasteiger charge is -2.11. The summed E-state index contributed by atoms with van der Waals surface area (Å²) >= 11 is 3.57. The van der Waals surface area contributed by atoms with E-state index in [4.69, 9.17) is 4.98 Å². The Morgan fingerprint density at radius 2 is 1.00 bits per heavy atom. The highest BCUT2D eigenvalue weighted by molar-refractivity contribution is 9.10. The lowest BCUT2D eigenvalue weighted by atomic mass is 9.98. The first kappa shape index (κ1) is 19.3. The second kappa shape index (κ2) is 8.62. The van der Waals surface area contributed by atoms with Gasteiger partial charge in [0.2, 0.25) is 0 Å². The predicted molar refractivity (Wildman–Crippen MR) is 129 cm³/mol. The maximum absolute atomic E-state index is 4.86. The fourth-order valence-electron chi connectivity index (χ4n) is 3.53. The Morgan fingerprint density at radius 3 is 1.55 bits per heavy atom. The Kier molecular flexibility index (Phi) is 5.38. The van der Waals surface area contributed by atoms with Crippen LogP contribution >= 0.6 is 15.9 Å². The Labute approximate surface area is 189 Å². The van der Waals surface area contributed by atoms with Crippen molar-refractivity contribution in [2.24, 2.45) is 0 Å². The molecule has 0 aliphatic carbocycles. The van der Waals surface area contributed by atoms with Crippen molar-refractivity contribution in [3.8, 4) is 45.0 Å². The van der Waals surface area contributed by atoms with Crippen LogP contribution in [0.1, 0.15) is 0 Å². The van der Waals surface area contributed by atoms with Crippen LogP contribution in [0.5, 0.6) is 0 Å². The summed E-state index contributed by atoms with van der Waals surface area (Å²) in [6.07, 6.45) is 3.58. The van der Waals surface area contributed by atoms with E-state index in [2.05, 4.69) is 80.5 Å². The molecular formula is C27H18BrN3. The van der Waals surface area contributed by atoms with Crippen LogP contribution in [0.3, 0.4) is 0 Å². The van der Waals surface area contributed by atoms with E-state index in [1.807, 2.05) is 42.5 Å². The molecule has 5 aromatic rings. The highest BCUT2D eigenvalue weighted by Gasteiger charge is 2.11. The van der Waals surface area contributed by atoms with Crippen LogP contribution in [0, 0.1) is 0 Å². The second-order valence-electron chi connectivity index (χ2n) is 7.15. The van der Waals surface area contributed by atoms with Gasteiger partial charge in [-0.1, -0.05) is 58.4 Å². The molecule has 0 atom stereocenters. The standard InChI is InChI=1S/C27H18BrN3/c28-23-10-6-9-21(16-23)19-7-5-8-20(15-19)22-17-26(24-11-1-3-13-29-24)31-27(18-22)25-12-2-4-14-30-25/h1-18H. The van der Waals surface area contributed by atoms with Gasteiger partial charge in [-0.25, -0.2) is 4.98 Å². The number of rotatable bonds is 4. The third kappa shape index (κ3) is 4.30. The number of aromatic nitrogens is 3. The molecular weight excluding hydrogens is 446 g/mol. The number of hydrogen-bond donors (Lipinski definition) is 0. The molecule has 0 aliphatic rings. The number of hydrogen-bond acceptors (Lipinski definition) is 3. The van der Waals surface area contributed by atoms with Gasteiger partial charge in [0.15, 0.2) is 0 Å². The van der Waals surface area contributed by atoms with E-state index < -0.39 is 0 Å². The minimum absolute atomic E-state index is 0.826. The molecule has 0 N–H and O–H groups in total. The molecule has 2 aromatic carbocycles. The van der Waals surface area contributed by atoms with Crippen LogP contribution in [0.4, 0.5) is 0 Å². The van der Waals surface area contributed by atoms with Gasteiger partial charge in [-0.3, -0.25) is 9.97 Å². The maximum Gasteiger partial charge on any atom is 0.0900 e. The molecule has 3 aromatic heterocycles. The summed E-state index contributed by atoms with van der Waals surface area (Å²) in [4.78, 5) is 13.9. The molecule has 0 bridgehead atoms. The molecule has 0 saturated carbocycles. The van der Waals surface area contributed by atoms with Crippen LogP contribution in [-0.2, 0) is 0 Å². The van der Waals surface area contributed by atoms with Crippen molar-refractivity contribution in [2.75, 3.05) is 0 Å². The molecule has 0 spiro atoms. The van der Waals surface area contributed by atoms with Crippen molar-refractivity contribution in [3.05, 3.63) is 114 Å². The van der Waals surface area contributed by atoms with Gasteiger partial charge in [-0.2, -0.15) is 0 Å². The summed E-state index contributed by atoms with van der Waals surface area (Å²) in [5, 5.41) is 0. The van der Waals surface area contributed by atoms with E-state index in [0.29, 0.717) is 0 Å². The molecule has 0 amide bonds. The van der Waals surface area contributed by atoms with Crippen LogP contribution in [0.25, 0.3) is 45.0 Å². The molecule has 4 heteroatoms. The molecule has 148 valence electrons. The van der Waals surface area contributed by atoms with E-state index >= 15 is 0 Å². The third-order valence-corrected chi connectivity index (χ3v) is 5.53. The maximum atomic E-state index is 4.86. The van der Waals surface area contributed by atoms with Crippen LogP contribution in [0.2, 0.25) is 0 Å². The van der Waals surface area contributed by atoms with Gasteiger partial charge in [0, 0.05) is 16.9 Å². The van der Waals surface area contributed by atoms with E-state index in [-0.39, 0.29) is 0 Å². The van der Waals surface area contributed by atoms with E-state index in [1.165, 1.54) is 5.56 Å². The van der Waals surface area contributed by atoms with E-state index in [0.717, 1.165) is 43.9 Å². The summed E-state index contributed by atoms with van der Waals surface area (Å²) < 4.78 is 1.06. The second-order valence-corrected chi connectivity index (χ2v) is 8.06. The highest BCUT2D eigenvalue weighted by Crippen LogP contribution is 2.32. The zero-order valence-corrected chi connectivity index (χ0v) is 18.2. The van der Waals surface area contributed by atoms with Gasteiger partial charge in [-0.05, 0) is 76.9 Å². The minimum Gasteiger partial charge on any atom is -0.255 e. The smallest absolute Gasteiger partial charge is 0.0900 e. The molecule has 5 rings (SSSR count). The molecule has 0 unspecified atom stereocenters. The number of pyridine rings is 3. The fourth-order valence-corrected chi connectivity index (χ4v) is 3.93. The monoisotopic (exact) mass is 463 g/mol. The van der Waals surface area contributed by atoms with Crippen LogP contribution in [-0.4, -0.2) is 15.0 Å². The van der Waals surface area contributed by atoms with Crippen molar-refractivity contribution in [1.82, 2.24) is 15.0 Å². The first-order chi connectivity index (χ1) is 15.3. The van der Waals surface area contributed by atoms with E-state index in [1.54, 1.807) is 12.4 Å². The molecule has 3 heterocycles. The van der Waals surface area contributed by atoms with Gasteiger partial charge in [0.25, 0.3) is 0 Å². The average Bonchev–Trinajstić information content (AvgIpc) is 2.85. The lowest BCUT2D eigenvalue weighted by molar-refractivity contribution is 1.22. The first-order valence-corrected chi connectivity index (χ1v) is 10.8. The van der Waals surface area contributed by atoms with Crippen molar-refractivity contribution in [3.63, 3.8) is 0 Å². The Balaban J connectivity index is 1.66. The average molecular weight is 464 g/mol. The summed E-state index contributed by atoms with van der Waals surface area (Å²) in [6.45, 7) is 0. The zero-order valence-electron chi connectivity index (χ0n) is 16.6. The quantitative estimate of drug-likeness (QED) is 0.280. The SMILES string of the molecule is Brc1cccc(-c2cccc(-c3cc(-c4ccccn4)nc(-c4ccccn4)c3)c2)c1. The molecule has 0 fully saturated rings. The topological polar surface area (TPSA) is 38.7 Å². The van der Waals surface area contributed by atoms with Gasteiger partial charge >= 0.3 is 0 Å². The Hall–Kier alpha value is -3.63. The van der Waals surface area contributed by atoms with E-state index in [9.17, 15) is 0 Å². The van der Waals surface area contributed by atoms with Crippen molar-refractivity contribution in [1.29, 1.82) is 0 Å². The summed E-state index contributed by atoms with van der Waals surface area (Å²) in [6, 6.07) is 32.8. The van der Waals surface area contributed by atoms with Crippen molar-refractivity contribution >= 4 is 15.9 Å². The van der Waals surface area contributed by atoms with Gasteiger partial charge < -0.3 is 0 Å². The van der Waals surface area contributed by atoms with Gasteiger partial charge in [-0.15, -0.1) is 0 Å². The summed E-state index contributed by atoms with van der Waals surface area (Å²) in [7, 11) is 0. The summed E-state index contributed by atoms with van der Waals surface area (Å²) in [5.74, 6) is 0. The molecule has 3 nitrogen and oxygen atoms in total. The van der Waals surface area contributed by atoms with Crippen LogP contribution < -0.4 is 0 Å².